The van der Waals surface area contributed by atoms with Gasteiger partial charge in [0.05, 0.1) is 16.7 Å². The van der Waals surface area contributed by atoms with Gasteiger partial charge in [-0.1, -0.05) is 11.2 Å². The Morgan fingerprint density at radius 3 is 2.58 bits per heavy atom. The first-order valence-electron chi connectivity index (χ1n) is 6.51. The summed E-state index contributed by atoms with van der Waals surface area (Å²) in [6.45, 7) is 0. The van der Waals surface area contributed by atoms with E-state index in [2.05, 4.69) is 9.99 Å². The number of halogens is 3. The van der Waals surface area contributed by atoms with Crippen molar-refractivity contribution >= 4 is 11.9 Å². The van der Waals surface area contributed by atoms with Crippen LogP contribution < -0.4 is 4.74 Å². The summed E-state index contributed by atoms with van der Waals surface area (Å²) >= 11 is 0. The lowest BCUT2D eigenvalue weighted by molar-refractivity contribution is -0.385. The van der Waals surface area contributed by atoms with Crippen LogP contribution in [0.4, 0.5) is 18.9 Å². The van der Waals surface area contributed by atoms with Gasteiger partial charge in [-0.15, -0.1) is 0 Å². The summed E-state index contributed by atoms with van der Waals surface area (Å²) in [5, 5.41) is 14.6. The van der Waals surface area contributed by atoms with Crippen LogP contribution in [0.2, 0.25) is 0 Å². The van der Waals surface area contributed by atoms with Crippen LogP contribution in [-0.4, -0.2) is 18.2 Å². The van der Waals surface area contributed by atoms with Gasteiger partial charge < -0.3 is 9.57 Å². The quantitative estimate of drug-likeness (QED) is 0.460. The molecule has 2 aromatic rings. The zero-order chi connectivity index (χ0) is 17.7. The number of alkyl halides is 3. The first kappa shape index (κ1) is 17.3. The van der Waals surface area contributed by atoms with Crippen molar-refractivity contribution in [3.63, 3.8) is 0 Å². The molecule has 0 aromatic heterocycles. The maximum atomic E-state index is 12.7. The minimum absolute atomic E-state index is 0.161. The predicted molar refractivity (Wildman–Crippen MR) is 79.2 cm³/mol. The van der Waals surface area contributed by atoms with E-state index in [1.165, 1.54) is 37.6 Å². The van der Waals surface area contributed by atoms with Crippen LogP contribution in [0.5, 0.6) is 11.5 Å². The molecule has 2 aromatic carbocycles. The highest BCUT2D eigenvalue weighted by Gasteiger charge is 2.30. The Labute approximate surface area is 134 Å². The third-order valence-electron chi connectivity index (χ3n) is 2.88. The van der Waals surface area contributed by atoms with E-state index in [4.69, 9.17) is 4.74 Å². The molecule has 0 bridgehead atoms. The molecule has 0 spiro atoms. The molecule has 126 valence electrons. The van der Waals surface area contributed by atoms with Crippen molar-refractivity contribution in [2.24, 2.45) is 5.16 Å². The molecule has 0 fully saturated rings. The van der Waals surface area contributed by atoms with Crippen molar-refractivity contribution in [3.8, 4) is 11.5 Å². The number of nitro groups is 1. The van der Waals surface area contributed by atoms with E-state index >= 15 is 0 Å². The van der Waals surface area contributed by atoms with Crippen molar-refractivity contribution < 1.29 is 27.7 Å². The molecule has 0 aliphatic rings. The molecule has 0 aliphatic heterocycles. The van der Waals surface area contributed by atoms with Gasteiger partial charge in [0.25, 0.3) is 0 Å². The Morgan fingerprint density at radius 2 is 1.96 bits per heavy atom. The number of hydrogen-bond donors (Lipinski definition) is 0. The van der Waals surface area contributed by atoms with Crippen LogP contribution in [-0.2, 0) is 11.0 Å². The van der Waals surface area contributed by atoms with E-state index in [1.807, 2.05) is 0 Å². The van der Waals surface area contributed by atoms with Crippen LogP contribution in [0.15, 0.2) is 47.6 Å². The van der Waals surface area contributed by atoms with E-state index in [0.29, 0.717) is 5.56 Å². The fraction of sp³-hybridized carbons (Fsp3) is 0.133. The maximum absolute atomic E-state index is 12.7. The highest BCUT2D eigenvalue weighted by Crippen LogP contribution is 2.35. The van der Waals surface area contributed by atoms with Gasteiger partial charge in [0.1, 0.15) is 12.9 Å². The monoisotopic (exact) mass is 340 g/mol. The molecule has 0 atom stereocenters. The van der Waals surface area contributed by atoms with Crippen LogP contribution >= 0.6 is 0 Å². The molecular formula is C15H11F3N2O4. The van der Waals surface area contributed by atoms with E-state index in [0.717, 1.165) is 18.2 Å². The normalized spacial score (nSPS) is 11.5. The highest BCUT2D eigenvalue weighted by molar-refractivity contribution is 5.81. The standard InChI is InChI=1S/C15H11F3N2O4/c1-23-19-9-10-5-6-14(13(7-10)20(21)22)24-12-4-2-3-11(8-12)15(16,17)18/h2-9H,1H3. The minimum atomic E-state index is -4.54. The second-order valence-corrected chi connectivity index (χ2v) is 4.53. The second kappa shape index (κ2) is 6.99. The fourth-order valence-corrected chi connectivity index (χ4v) is 1.82. The Kier molecular flexibility index (Phi) is 5.02. The lowest BCUT2D eigenvalue weighted by Gasteiger charge is -2.10. The number of nitrogens with zero attached hydrogens (tertiary/aromatic N) is 2. The molecule has 0 heterocycles. The molecule has 0 saturated heterocycles. The SMILES string of the molecule is CON=Cc1ccc(Oc2cccc(C(F)(F)F)c2)c([N+](=O)[O-])c1. The Morgan fingerprint density at radius 1 is 1.21 bits per heavy atom. The summed E-state index contributed by atoms with van der Waals surface area (Å²) in [7, 11) is 1.32. The molecule has 9 heteroatoms. The Balaban J connectivity index is 2.36. The summed E-state index contributed by atoms with van der Waals surface area (Å²) in [6.07, 6.45) is -3.28. The lowest BCUT2D eigenvalue weighted by Crippen LogP contribution is -2.04. The zero-order valence-electron chi connectivity index (χ0n) is 12.3. The van der Waals surface area contributed by atoms with Gasteiger partial charge in [0.2, 0.25) is 5.75 Å². The summed E-state index contributed by atoms with van der Waals surface area (Å²) in [4.78, 5) is 14.9. The summed E-state index contributed by atoms with van der Waals surface area (Å²) in [6, 6.07) is 7.98. The van der Waals surface area contributed by atoms with Gasteiger partial charge in [-0.25, -0.2) is 0 Å². The van der Waals surface area contributed by atoms with E-state index in [-0.39, 0.29) is 11.5 Å². The molecule has 0 aliphatic carbocycles. The number of oxime groups is 1. The maximum Gasteiger partial charge on any atom is 0.416 e. The second-order valence-electron chi connectivity index (χ2n) is 4.53. The molecule has 0 amide bonds. The molecule has 6 nitrogen and oxygen atoms in total. The lowest BCUT2D eigenvalue weighted by atomic mass is 10.2. The fourth-order valence-electron chi connectivity index (χ4n) is 1.82. The average Bonchev–Trinajstić information content (AvgIpc) is 2.53. The third-order valence-corrected chi connectivity index (χ3v) is 2.88. The third kappa shape index (κ3) is 4.22. The first-order valence-corrected chi connectivity index (χ1v) is 6.51. The predicted octanol–water partition coefficient (Wildman–Crippen LogP) is 4.39. The van der Waals surface area contributed by atoms with Gasteiger partial charge in [-0.3, -0.25) is 10.1 Å². The van der Waals surface area contributed by atoms with Gasteiger partial charge in [0, 0.05) is 11.6 Å². The van der Waals surface area contributed by atoms with E-state index in [9.17, 15) is 23.3 Å². The molecule has 0 N–H and O–H groups in total. The summed E-state index contributed by atoms with van der Waals surface area (Å²) in [5.74, 6) is -0.347. The number of ether oxygens (including phenoxy) is 1. The topological polar surface area (TPSA) is 74.0 Å². The minimum Gasteiger partial charge on any atom is -0.450 e. The van der Waals surface area contributed by atoms with Crippen molar-refractivity contribution in [1.29, 1.82) is 0 Å². The van der Waals surface area contributed by atoms with Gasteiger partial charge >= 0.3 is 11.9 Å². The van der Waals surface area contributed by atoms with Crippen LogP contribution in [0.25, 0.3) is 0 Å². The molecule has 24 heavy (non-hydrogen) atoms. The van der Waals surface area contributed by atoms with E-state index in [1.54, 1.807) is 0 Å². The number of nitro benzene ring substituents is 1. The van der Waals surface area contributed by atoms with Crippen molar-refractivity contribution in [2.45, 2.75) is 6.18 Å². The molecule has 2 rings (SSSR count). The van der Waals surface area contributed by atoms with Gasteiger partial charge in [0.15, 0.2) is 0 Å². The van der Waals surface area contributed by atoms with E-state index < -0.39 is 22.4 Å². The number of benzene rings is 2. The Hall–Kier alpha value is -3.10. The largest absolute Gasteiger partial charge is 0.450 e. The zero-order valence-corrected chi connectivity index (χ0v) is 12.3. The van der Waals surface area contributed by atoms with Gasteiger partial charge in [-0.05, 0) is 30.3 Å². The Bertz CT molecular complexity index is 776. The van der Waals surface area contributed by atoms with Crippen molar-refractivity contribution in [2.75, 3.05) is 7.11 Å². The first-order chi connectivity index (χ1) is 11.3. The smallest absolute Gasteiger partial charge is 0.416 e. The summed E-state index contributed by atoms with van der Waals surface area (Å²) in [5.41, 5.74) is -0.945. The molecule has 0 radical (unpaired) electrons. The molecule has 0 saturated carbocycles. The van der Waals surface area contributed by atoms with Crippen LogP contribution in [0.3, 0.4) is 0 Å². The van der Waals surface area contributed by atoms with Crippen molar-refractivity contribution in [1.82, 2.24) is 0 Å². The van der Waals surface area contributed by atoms with Crippen LogP contribution in [0.1, 0.15) is 11.1 Å². The van der Waals surface area contributed by atoms with Crippen LogP contribution in [0, 0.1) is 10.1 Å². The van der Waals surface area contributed by atoms with Crippen molar-refractivity contribution in [3.05, 3.63) is 63.7 Å². The average molecular weight is 340 g/mol. The number of rotatable bonds is 5. The molecule has 0 unspecified atom stereocenters. The number of hydrogen-bond acceptors (Lipinski definition) is 5. The van der Waals surface area contributed by atoms with Gasteiger partial charge in [-0.2, -0.15) is 13.2 Å². The molecular weight excluding hydrogens is 329 g/mol. The highest BCUT2D eigenvalue weighted by atomic mass is 19.4. The summed E-state index contributed by atoms with van der Waals surface area (Å²) < 4.78 is 43.3.